The lowest BCUT2D eigenvalue weighted by Gasteiger charge is -2.29. The van der Waals surface area contributed by atoms with Crippen LogP contribution in [0, 0.1) is 6.92 Å². The highest BCUT2D eigenvalue weighted by molar-refractivity contribution is 6.25. The van der Waals surface area contributed by atoms with Gasteiger partial charge in [-0.05, 0) is 55.3 Å². The van der Waals surface area contributed by atoms with Gasteiger partial charge in [-0.15, -0.1) is 0 Å². The third-order valence-corrected chi connectivity index (χ3v) is 6.74. The van der Waals surface area contributed by atoms with Crippen molar-refractivity contribution in [1.82, 2.24) is 10.2 Å². The Hall–Kier alpha value is -3.67. The summed E-state index contributed by atoms with van der Waals surface area (Å²) < 4.78 is 0. The zero-order valence-electron chi connectivity index (χ0n) is 20.7. The molecule has 1 aliphatic heterocycles. The molecule has 0 aliphatic carbocycles. The largest absolute Gasteiger partial charge is 0.354 e. The number of aryl methyl sites for hydroxylation is 1. The zero-order chi connectivity index (χ0) is 24.9. The van der Waals surface area contributed by atoms with Crippen molar-refractivity contribution in [3.05, 3.63) is 77.4 Å². The van der Waals surface area contributed by atoms with Gasteiger partial charge in [-0.3, -0.25) is 14.4 Å². The molecule has 0 aromatic heterocycles. The van der Waals surface area contributed by atoms with E-state index in [0.717, 1.165) is 34.0 Å². The molecule has 1 aliphatic rings. The van der Waals surface area contributed by atoms with Crippen LogP contribution in [-0.4, -0.2) is 41.8 Å². The van der Waals surface area contributed by atoms with Gasteiger partial charge in [0.1, 0.15) is 6.04 Å². The van der Waals surface area contributed by atoms with E-state index in [2.05, 4.69) is 5.32 Å². The Kier molecular flexibility index (Phi) is 7.49. The molecule has 0 saturated heterocycles. The minimum absolute atomic E-state index is 0.0201. The summed E-state index contributed by atoms with van der Waals surface area (Å²) in [6.07, 6.45) is 1.61. The van der Waals surface area contributed by atoms with Gasteiger partial charge in [-0.2, -0.15) is 0 Å². The van der Waals surface area contributed by atoms with Crippen LogP contribution >= 0.6 is 0 Å². The van der Waals surface area contributed by atoms with E-state index in [9.17, 15) is 14.4 Å². The highest BCUT2D eigenvalue weighted by Crippen LogP contribution is 2.37. The highest BCUT2D eigenvalue weighted by Gasteiger charge is 2.30. The Morgan fingerprint density at radius 1 is 1.03 bits per heavy atom. The predicted molar refractivity (Wildman–Crippen MR) is 139 cm³/mol. The molecule has 3 aromatic rings. The molecular weight excluding hydrogens is 438 g/mol. The number of benzene rings is 3. The zero-order valence-corrected chi connectivity index (χ0v) is 20.7. The van der Waals surface area contributed by atoms with E-state index in [0.29, 0.717) is 31.6 Å². The smallest absolute Gasteiger partial charge is 0.258 e. The molecule has 3 aromatic carbocycles. The maximum atomic E-state index is 13.4. The minimum Gasteiger partial charge on any atom is -0.354 e. The van der Waals surface area contributed by atoms with E-state index in [1.165, 1.54) is 0 Å². The Labute approximate surface area is 206 Å². The second-order valence-electron chi connectivity index (χ2n) is 9.16. The molecule has 1 unspecified atom stereocenters. The summed E-state index contributed by atoms with van der Waals surface area (Å²) in [6, 6.07) is 19.0. The fourth-order valence-electron chi connectivity index (χ4n) is 4.68. The lowest BCUT2D eigenvalue weighted by molar-refractivity contribution is -0.140. The Morgan fingerprint density at radius 3 is 2.51 bits per heavy atom. The molecule has 4 rings (SSSR count). The number of nitrogens with zero attached hydrogens (tertiary/aromatic N) is 2. The van der Waals surface area contributed by atoms with Crippen molar-refractivity contribution in [3.8, 4) is 0 Å². The summed E-state index contributed by atoms with van der Waals surface area (Å²) in [4.78, 5) is 42.6. The molecule has 0 radical (unpaired) electrons. The van der Waals surface area contributed by atoms with Crippen molar-refractivity contribution in [1.29, 1.82) is 0 Å². The number of rotatable bonds is 10. The van der Waals surface area contributed by atoms with Gasteiger partial charge in [0.15, 0.2) is 0 Å². The summed E-state index contributed by atoms with van der Waals surface area (Å²) in [7, 11) is 0. The normalized spacial score (nSPS) is 13.2. The third kappa shape index (κ3) is 5.06. The van der Waals surface area contributed by atoms with Crippen molar-refractivity contribution in [2.75, 3.05) is 18.0 Å². The maximum Gasteiger partial charge on any atom is 0.258 e. The number of hydrogen-bond acceptors (Lipinski definition) is 3. The van der Waals surface area contributed by atoms with Gasteiger partial charge in [-0.25, -0.2) is 0 Å². The second kappa shape index (κ2) is 10.7. The number of anilines is 1. The molecule has 6 heteroatoms. The number of carbonyl (C=O) groups is 3. The lowest BCUT2D eigenvalue weighted by atomic mass is 10.1. The van der Waals surface area contributed by atoms with Crippen LogP contribution in [0.1, 0.15) is 54.6 Å². The third-order valence-electron chi connectivity index (χ3n) is 6.74. The Balaban J connectivity index is 1.46. The first-order valence-corrected chi connectivity index (χ1v) is 12.4. The van der Waals surface area contributed by atoms with Gasteiger partial charge in [0.25, 0.3) is 5.91 Å². The van der Waals surface area contributed by atoms with Gasteiger partial charge in [0.05, 0.1) is 5.69 Å². The van der Waals surface area contributed by atoms with Crippen molar-refractivity contribution in [2.45, 2.75) is 52.6 Å². The highest BCUT2D eigenvalue weighted by atomic mass is 16.2. The van der Waals surface area contributed by atoms with Crippen LogP contribution in [0.2, 0.25) is 0 Å². The SMILES string of the molecule is CCCNC(=O)C(C)N(Cc1ccccc1C)C(=O)CCCN1C(=O)c2cccc3cccc1c23. The quantitative estimate of drug-likeness (QED) is 0.460. The average molecular weight is 472 g/mol. The standard InChI is InChI=1S/C29H33N3O3/c1-4-17-30-28(34)21(3)32(19-23-11-6-5-10-20(23)2)26(33)16-9-18-31-25-15-8-13-22-12-7-14-24(27(22)25)29(31)35/h5-8,10-15,21H,4,9,16-19H2,1-3H3,(H,30,34). The second-order valence-corrected chi connectivity index (χ2v) is 9.16. The van der Waals surface area contributed by atoms with Gasteiger partial charge < -0.3 is 15.1 Å². The molecular formula is C29H33N3O3. The first kappa shape index (κ1) is 24.5. The molecule has 0 spiro atoms. The molecule has 1 atom stereocenters. The van der Waals surface area contributed by atoms with E-state index >= 15 is 0 Å². The molecule has 0 fully saturated rings. The molecule has 6 nitrogen and oxygen atoms in total. The van der Waals surface area contributed by atoms with Crippen LogP contribution < -0.4 is 10.2 Å². The number of nitrogens with one attached hydrogen (secondary N) is 1. The summed E-state index contributed by atoms with van der Waals surface area (Å²) in [5.41, 5.74) is 3.72. The maximum absolute atomic E-state index is 13.4. The molecule has 0 saturated carbocycles. The van der Waals surface area contributed by atoms with Crippen molar-refractivity contribution >= 4 is 34.2 Å². The number of amides is 3. The minimum atomic E-state index is -0.583. The molecule has 1 heterocycles. The monoisotopic (exact) mass is 471 g/mol. The Morgan fingerprint density at radius 2 is 1.77 bits per heavy atom. The van der Waals surface area contributed by atoms with Crippen LogP contribution in [0.5, 0.6) is 0 Å². The molecule has 35 heavy (non-hydrogen) atoms. The molecule has 0 bridgehead atoms. The molecule has 3 amide bonds. The molecule has 182 valence electrons. The number of carbonyl (C=O) groups excluding carboxylic acids is 3. The van der Waals surface area contributed by atoms with Crippen LogP contribution in [0.25, 0.3) is 10.8 Å². The first-order valence-electron chi connectivity index (χ1n) is 12.4. The average Bonchev–Trinajstić information content (AvgIpc) is 3.14. The van der Waals surface area contributed by atoms with Crippen LogP contribution in [0.4, 0.5) is 5.69 Å². The van der Waals surface area contributed by atoms with E-state index in [1.807, 2.05) is 74.5 Å². The Bertz CT molecular complexity index is 1250. The summed E-state index contributed by atoms with van der Waals surface area (Å²) in [6.45, 7) is 7.20. The fourth-order valence-corrected chi connectivity index (χ4v) is 4.68. The fraction of sp³-hybridized carbons (Fsp3) is 0.345. The van der Waals surface area contributed by atoms with Crippen molar-refractivity contribution in [2.24, 2.45) is 0 Å². The van der Waals surface area contributed by atoms with E-state index in [-0.39, 0.29) is 24.1 Å². The predicted octanol–water partition coefficient (Wildman–Crippen LogP) is 4.83. The van der Waals surface area contributed by atoms with Crippen molar-refractivity contribution < 1.29 is 14.4 Å². The van der Waals surface area contributed by atoms with Gasteiger partial charge in [0.2, 0.25) is 11.8 Å². The van der Waals surface area contributed by atoms with Crippen LogP contribution in [0.3, 0.4) is 0 Å². The van der Waals surface area contributed by atoms with Gasteiger partial charge in [-0.1, -0.05) is 55.5 Å². The van der Waals surface area contributed by atoms with Gasteiger partial charge >= 0.3 is 0 Å². The van der Waals surface area contributed by atoms with Crippen molar-refractivity contribution in [3.63, 3.8) is 0 Å². The summed E-state index contributed by atoms with van der Waals surface area (Å²) >= 11 is 0. The van der Waals surface area contributed by atoms with E-state index in [1.54, 1.807) is 16.7 Å². The van der Waals surface area contributed by atoms with E-state index in [4.69, 9.17) is 0 Å². The summed E-state index contributed by atoms with van der Waals surface area (Å²) in [5.74, 6) is -0.256. The van der Waals surface area contributed by atoms with Gasteiger partial charge in [0, 0.05) is 37.0 Å². The first-order chi connectivity index (χ1) is 16.9. The van der Waals surface area contributed by atoms with Crippen LogP contribution in [0.15, 0.2) is 60.7 Å². The lowest BCUT2D eigenvalue weighted by Crippen LogP contribution is -2.48. The van der Waals surface area contributed by atoms with E-state index < -0.39 is 6.04 Å². The van der Waals surface area contributed by atoms with Crippen LogP contribution in [-0.2, 0) is 16.1 Å². The summed E-state index contributed by atoms with van der Waals surface area (Å²) in [5, 5.41) is 4.94. The number of hydrogen-bond donors (Lipinski definition) is 1. The topological polar surface area (TPSA) is 69.7 Å². The molecule has 1 N–H and O–H groups in total.